The number of alkyl halides is 1. The van der Waals surface area contributed by atoms with Crippen LogP contribution in [0.4, 0.5) is 0 Å². The molecule has 2 rings (SSSR count). The van der Waals surface area contributed by atoms with Crippen molar-refractivity contribution in [2.24, 2.45) is 0 Å². The molecular formula is C12H15BrO2. The molecule has 0 N–H and O–H groups in total. The maximum Gasteiger partial charge on any atom is 0.126 e. The van der Waals surface area contributed by atoms with Crippen molar-refractivity contribution in [2.45, 2.75) is 25.4 Å². The van der Waals surface area contributed by atoms with E-state index in [2.05, 4.69) is 22.0 Å². The van der Waals surface area contributed by atoms with Crippen molar-refractivity contribution in [1.29, 1.82) is 0 Å². The van der Waals surface area contributed by atoms with Gasteiger partial charge in [0.2, 0.25) is 0 Å². The summed E-state index contributed by atoms with van der Waals surface area (Å²) in [4.78, 5) is 0. The van der Waals surface area contributed by atoms with Gasteiger partial charge in [0.05, 0.1) is 13.2 Å². The Bertz CT molecular complexity index is 338. The van der Waals surface area contributed by atoms with Crippen molar-refractivity contribution >= 4 is 15.9 Å². The largest absolute Gasteiger partial charge is 0.497 e. The van der Waals surface area contributed by atoms with Crippen LogP contribution in [0.3, 0.4) is 0 Å². The number of hydrogen-bond donors (Lipinski definition) is 0. The van der Waals surface area contributed by atoms with Crippen molar-refractivity contribution < 1.29 is 9.47 Å². The summed E-state index contributed by atoms with van der Waals surface area (Å²) in [5.41, 5.74) is 1.29. The molecule has 0 fully saturated rings. The standard InChI is InChI=1S/C12H15BrO2/c1-14-11-5-3-9-2-4-10(6-7-13)15-12(9)8-11/h3,5,8,10H,2,4,6-7H2,1H3. The van der Waals surface area contributed by atoms with Gasteiger partial charge in [0.1, 0.15) is 11.5 Å². The zero-order valence-electron chi connectivity index (χ0n) is 8.83. The highest BCUT2D eigenvalue weighted by Crippen LogP contribution is 2.32. The van der Waals surface area contributed by atoms with Crippen LogP contribution in [0.15, 0.2) is 18.2 Å². The minimum atomic E-state index is 0.351. The van der Waals surface area contributed by atoms with Gasteiger partial charge in [0.25, 0.3) is 0 Å². The maximum atomic E-state index is 5.90. The number of methoxy groups -OCH3 is 1. The van der Waals surface area contributed by atoms with Crippen molar-refractivity contribution in [3.63, 3.8) is 0 Å². The predicted molar refractivity (Wildman–Crippen MR) is 64.1 cm³/mol. The van der Waals surface area contributed by atoms with Crippen molar-refractivity contribution in [3.8, 4) is 11.5 Å². The van der Waals surface area contributed by atoms with E-state index in [9.17, 15) is 0 Å². The molecule has 0 saturated carbocycles. The minimum Gasteiger partial charge on any atom is -0.497 e. The van der Waals surface area contributed by atoms with Gasteiger partial charge in [0, 0.05) is 11.4 Å². The lowest BCUT2D eigenvalue weighted by atomic mass is 10.0. The lowest BCUT2D eigenvalue weighted by Gasteiger charge is -2.25. The molecular weight excluding hydrogens is 256 g/mol. The molecule has 1 aromatic carbocycles. The molecule has 1 aliphatic rings. The summed E-state index contributed by atoms with van der Waals surface area (Å²) in [5.74, 6) is 1.86. The zero-order valence-corrected chi connectivity index (χ0v) is 10.4. The van der Waals surface area contributed by atoms with Gasteiger partial charge in [-0.1, -0.05) is 22.0 Å². The van der Waals surface area contributed by atoms with E-state index in [1.54, 1.807) is 7.11 Å². The molecule has 1 aromatic rings. The number of benzene rings is 1. The van der Waals surface area contributed by atoms with Gasteiger partial charge < -0.3 is 9.47 Å². The average Bonchev–Trinajstić information content (AvgIpc) is 2.28. The van der Waals surface area contributed by atoms with Crippen LogP contribution in [0.1, 0.15) is 18.4 Å². The van der Waals surface area contributed by atoms with Gasteiger partial charge in [0.15, 0.2) is 0 Å². The minimum absolute atomic E-state index is 0.351. The molecule has 1 heterocycles. The van der Waals surface area contributed by atoms with Crippen LogP contribution in [0.5, 0.6) is 11.5 Å². The molecule has 0 radical (unpaired) electrons. The molecule has 0 aliphatic carbocycles. The Hall–Kier alpha value is -0.700. The van der Waals surface area contributed by atoms with Gasteiger partial charge >= 0.3 is 0 Å². The monoisotopic (exact) mass is 270 g/mol. The van der Waals surface area contributed by atoms with Crippen molar-refractivity contribution in [1.82, 2.24) is 0 Å². The summed E-state index contributed by atoms with van der Waals surface area (Å²) in [5, 5.41) is 0.997. The lowest BCUT2D eigenvalue weighted by Crippen LogP contribution is -2.22. The van der Waals surface area contributed by atoms with E-state index < -0.39 is 0 Å². The van der Waals surface area contributed by atoms with Crippen LogP contribution >= 0.6 is 15.9 Å². The zero-order chi connectivity index (χ0) is 10.7. The molecule has 0 aromatic heterocycles. The van der Waals surface area contributed by atoms with Crippen molar-refractivity contribution in [2.75, 3.05) is 12.4 Å². The second-order valence-corrected chi connectivity index (χ2v) is 4.52. The Balaban J connectivity index is 2.16. The molecule has 0 spiro atoms. The topological polar surface area (TPSA) is 18.5 Å². The Kier molecular flexibility index (Phi) is 3.52. The van der Waals surface area contributed by atoms with Gasteiger partial charge in [-0.25, -0.2) is 0 Å². The summed E-state index contributed by atoms with van der Waals surface area (Å²) < 4.78 is 11.1. The highest BCUT2D eigenvalue weighted by atomic mass is 79.9. The van der Waals surface area contributed by atoms with Crippen LogP contribution in [0.2, 0.25) is 0 Å². The van der Waals surface area contributed by atoms with Crippen molar-refractivity contribution in [3.05, 3.63) is 23.8 Å². The molecule has 3 heteroatoms. The summed E-state index contributed by atoms with van der Waals surface area (Å²) in [7, 11) is 1.68. The van der Waals surface area contributed by atoms with Gasteiger partial charge in [-0.05, 0) is 30.9 Å². The highest BCUT2D eigenvalue weighted by Gasteiger charge is 2.19. The van der Waals surface area contributed by atoms with E-state index in [0.29, 0.717) is 6.10 Å². The fourth-order valence-electron chi connectivity index (χ4n) is 1.86. The first-order valence-electron chi connectivity index (χ1n) is 5.23. The smallest absolute Gasteiger partial charge is 0.126 e. The second kappa shape index (κ2) is 4.88. The number of aryl methyl sites for hydroxylation is 1. The van der Waals surface area contributed by atoms with Gasteiger partial charge in [-0.3, -0.25) is 0 Å². The Morgan fingerprint density at radius 2 is 2.40 bits per heavy atom. The van der Waals surface area contributed by atoms with Crippen LogP contribution in [-0.4, -0.2) is 18.5 Å². The molecule has 0 amide bonds. The third-order valence-corrected chi connectivity index (χ3v) is 3.19. The molecule has 2 nitrogen and oxygen atoms in total. The second-order valence-electron chi connectivity index (χ2n) is 3.73. The van der Waals surface area contributed by atoms with E-state index in [-0.39, 0.29) is 0 Å². The SMILES string of the molecule is COc1ccc2c(c1)OC(CCBr)CC2. The van der Waals surface area contributed by atoms with E-state index in [4.69, 9.17) is 9.47 Å². The number of rotatable bonds is 3. The van der Waals surface area contributed by atoms with Gasteiger partial charge in [-0.2, -0.15) is 0 Å². The van der Waals surface area contributed by atoms with Crippen LogP contribution in [-0.2, 0) is 6.42 Å². The number of ether oxygens (including phenoxy) is 2. The van der Waals surface area contributed by atoms with Crippen LogP contribution in [0, 0.1) is 0 Å². The van der Waals surface area contributed by atoms with Gasteiger partial charge in [-0.15, -0.1) is 0 Å². The third kappa shape index (κ3) is 2.46. The van der Waals surface area contributed by atoms with Crippen LogP contribution in [0.25, 0.3) is 0 Å². The first-order valence-corrected chi connectivity index (χ1v) is 6.35. The van der Waals surface area contributed by atoms with E-state index in [1.807, 2.05) is 12.1 Å². The Morgan fingerprint density at radius 3 is 3.13 bits per heavy atom. The lowest BCUT2D eigenvalue weighted by molar-refractivity contribution is 0.170. The molecule has 0 bridgehead atoms. The fraction of sp³-hybridized carbons (Fsp3) is 0.500. The summed E-state index contributed by atoms with van der Waals surface area (Å²) in [6, 6.07) is 6.07. The molecule has 82 valence electrons. The maximum absolute atomic E-state index is 5.90. The molecule has 1 aliphatic heterocycles. The Morgan fingerprint density at radius 1 is 1.53 bits per heavy atom. The predicted octanol–water partition coefficient (Wildman–Crippen LogP) is 3.17. The summed E-state index contributed by atoms with van der Waals surface area (Å²) in [6.45, 7) is 0. The number of fused-ring (bicyclic) bond motifs is 1. The first-order chi connectivity index (χ1) is 7.33. The summed E-state index contributed by atoms with van der Waals surface area (Å²) in [6.07, 6.45) is 3.64. The first kappa shape index (κ1) is 10.8. The Labute approximate surface area is 98.7 Å². The normalized spacial score (nSPS) is 19.2. The van der Waals surface area contributed by atoms with Crippen LogP contribution < -0.4 is 9.47 Å². The molecule has 0 saturated heterocycles. The molecule has 1 atom stereocenters. The summed E-state index contributed by atoms with van der Waals surface area (Å²) >= 11 is 3.45. The highest BCUT2D eigenvalue weighted by molar-refractivity contribution is 9.09. The number of hydrogen-bond acceptors (Lipinski definition) is 2. The van der Waals surface area contributed by atoms with E-state index in [0.717, 1.165) is 36.1 Å². The number of halogens is 1. The molecule has 15 heavy (non-hydrogen) atoms. The average molecular weight is 271 g/mol. The third-order valence-electron chi connectivity index (χ3n) is 2.73. The molecule has 1 unspecified atom stereocenters. The quantitative estimate of drug-likeness (QED) is 0.786. The van der Waals surface area contributed by atoms with E-state index in [1.165, 1.54) is 5.56 Å². The van der Waals surface area contributed by atoms with E-state index >= 15 is 0 Å². The fourth-order valence-corrected chi connectivity index (χ4v) is 2.37.